The van der Waals surface area contributed by atoms with Crippen LogP contribution in [0.1, 0.15) is 0 Å². The summed E-state index contributed by atoms with van der Waals surface area (Å²) in [6.45, 7) is 1.60. The maximum atomic E-state index is 6.01. The van der Waals surface area contributed by atoms with Crippen molar-refractivity contribution in [2.75, 3.05) is 13.2 Å². The van der Waals surface area contributed by atoms with E-state index in [0.29, 0.717) is 5.25 Å². The highest BCUT2D eigenvalue weighted by Crippen LogP contribution is 2.38. The van der Waals surface area contributed by atoms with Crippen LogP contribution in [0.25, 0.3) is 0 Å². The summed E-state index contributed by atoms with van der Waals surface area (Å²) in [6, 6.07) is 5.57. The Labute approximate surface area is 91.4 Å². The summed E-state index contributed by atoms with van der Waals surface area (Å²) in [5.41, 5.74) is 0. The molecule has 1 aromatic rings. The van der Waals surface area contributed by atoms with E-state index >= 15 is 0 Å². The zero-order valence-electron chi connectivity index (χ0n) is 6.80. The molecule has 1 nitrogen and oxygen atoms in total. The molecule has 4 heteroatoms. The van der Waals surface area contributed by atoms with E-state index in [4.69, 9.17) is 27.9 Å². The van der Waals surface area contributed by atoms with Gasteiger partial charge in [-0.1, -0.05) is 29.3 Å². The van der Waals surface area contributed by atoms with E-state index < -0.39 is 0 Å². The van der Waals surface area contributed by atoms with E-state index in [1.165, 1.54) is 0 Å². The SMILES string of the molecule is Clc1cccc(Cl)c1SC1COC1. The Morgan fingerprint density at radius 1 is 1.23 bits per heavy atom. The number of benzene rings is 1. The summed E-state index contributed by atoms with van der Waals surface area (Å²) in [7, 11) is 0. The van der Waals surface area contributed by atoms with E-state index in [2.05, 4.69) is 0 Å². The second kappa shape index (κ2) is 4.09. The summed E-state index contributed by atoms with van der Waals surface area (Å²) >= 11 is 13.7. The lowest BCUT2D eigenvalue weighted by atomic mass is 10.4. The van der Waals surface area contributed by atoms with E-state index in [9.17, 15) is 0 Å². The minimum Gasteiger partial charge on any atom is -0.379 e. The van der Waals surface area contributed by atoms with Crippen molar-refractivity contribution in [2.45, 2.75) is 10.1 Å². The van der Waals surface area contributed by atoms with Crippen LogP contribution in [-0.2, 0) is 4.74 Å². The van der Waals surface area contributed by atoms with Crippen molar-refractivity contribution in [3.05, 3.63) is 28.2 Å². The molecule has 0 bridgehead atoms. The van der Waals surface area contributed by atoms with Gasteiger partial charge in [0.15, 0.2) is 0 Å². The Bertz CT molecular complexity index is 292. The van der Waals surface area contributed by atoms with Gasteiger partial charge in [0.25, 0.3) is 0 Å². The fourth-order valence-corrected chi connectivity index (χ4v) is 2.73. The number of thioether (sulfide) groups is 1. The van der Waals surface area contributed by atoms with E-state index in [1.54, 1.807) is 11.8 Å². The molecule has 0 atom stereocenters. The largest absolute Gasteiger partial charge is 0.379 e. The predicted octanol–water partition coefficient (Wildman–Crippen LogP) is 3.48. The van der Waals surface area contributed by atoms with Gasteiger partial charge in [-0.25, -0.2) is 0 Å². The molecule has 1 aromatic carbocycles. The molecule has 1 fully saturated rings. The van der Waals surface area contributed by atoms with Crippen molar-refractivity contribution in [1.29, 1.82) is 0 Å². The van der Waals surface area contributed by atoms with Gasteiger partial charge in [0.05, 0.1) is 28.5 Å². The lowest BCUT2D eigenvalue weighted by Gasteiger charge is -2.25. The minimum absolute atomic E-state index is 0.511. The van der Waals surface area contributed by atoms with Crippen LogP contribution in [0.3, 0.4) is 0 Å². The average molecular weight is 235 g/mol. The van der Waals surface area contributed by atoms with E-state index in [1.807, 2.05) is 18.2 Å². The highest BCUT2D eigenvalue weighted by molar-refractivity contribution is 8.00. The van der Waals surface area contributed by atoms with Gasteiger partial charge in [-0.3, -0.25) is 0 Å². The van der Waals surface area contributed by atoms with Crippen molar-refractivity contribution in [3.63, 3.8) is 0 Å². The smallest absolute Gasteiger partial charge is 0.0611 e. The van der Waals surface area contributed by atoms with Crippen LogP contribution in [0.2, 0.25) is 10.0 Å². The topological polar surface area (TPSA) is 9.23 Å². The van der Waals surface area contributed by atoms with Crippen LogP contribution in [0.5, 0.6) is 0 Å². The van der Waals surface area contributed by atoms with Gasteiger partial charge in [0, 0.05) is 4.90 Å². The normalized spacial score (nSPS) is 17.1. The Morgan fingerprint density at radius 2 is 1.85 bits per heavy atom. The molecule has 1 aliphatic rings. The first-order valence-electron chi connectivity index (χ1n) is 3.96. The Morgan fingerprint density at radius 3 is 2.31 bits per heavy atom. The molecular formula is C9H8Cl2OS. The zero-order valence-corrected chi connectivity index (χ0v) is 9.12. The first-order chi connectivity index (χ1) is 6.27. The van der Waals surface area contributed by atoms with Crippen molar-refractivity contribution in [3.8, 4) is 0 Å². The lowest BCUT2D eigenvalue weighted by Crippen LogP contribution is -2.30. The van der Waals surface area contributed by atoms with Gasteiger partial charge in [-0.05, 0) is 12.1 Å². The molecule has 13 heavy (non-hydrogen) atoms. The summed E-state index contributed by atoms with van der Waals surface area (Å²) in [5, 5.41) is 1.96. The lowest BCUT2D eigenvalue weighted by molar-refractivity contribution is 0.0455. The molecule has 0 N–H and O–H groups in total. The van der Waals surface area contributed by atoms with Crippen molar-refractivity contribution in [1.82, 2.24) is 0 Å². The molecule has 1 heterocycles. The molecule has 1 aliphatic heterocycles. The second-order valence-electron chi connectivity index (χ2n) is 2.83. The fourth-order valence-electron chi connectivity index (χ4n) is 1.04. The molecule has 0 radical (unpaired) electrons. The first-order valence-corrected chi connectivity index (χ1v) is 5.59. The van der Waals surface area contributed by atoms with E-state index in [0.717, 1.165) is 28.2 Å². The summed E-state index contributed by atoms with van der Waals surface area (Å²) < 4.78 is 5.08. The van der Waals surface area contributed by atoms with Gasteiger partial charge < -0.3 is 4.74 Å². The van der Waals surface area contributed by atoms with Crippen molar-refractivity contribution >= 4 is 35.0 Å². The van der Waals surface area contributed by atoms with Crippen LogP contribution in [0, 0.1) is 0 Å². The summed E-state index contributed by atoms with van der Waals surface area (Å²) in [6.07, 6.45) is 0. The van der Waals surface area contributed by atoms with Crippen molar-refractivity contribution < 1.29 is 4.74 Å². The minimum atomic E-state index is 0.511. The Hall–Kier alpha value is 0.110. The number of hydrogen-bond acceptors (Lipinski definition) is 2. The highest BCUT2D eigenvalue weighted by atomic mass is 35.5. The standard InChI is InChI=1S/C9H8Cl2OS/c10-7-2-1-3-8(11)9(7)13-6-4-12-5-6/h1-3,6H,4-5H2. The third kappa shape index (κ3) is 2.13. The van der Waals surface area contributed by atoms with E-state index in [-0.39, 0.29) is 0 Å². The molecular weight excluding hydrogens is 227 g/mol. The van der Waals surface area contributed by atoms with Gasteiger partial charge in [-0.15, -0.1) is 11.8 Å². The molecule has 70 valence electrons. The second-order valence-corrected chi connectivity index (χ2v) is 4.95. The predicted molar refractivity (Wildman–Crippen MR) is 56.9 cm³/mol. The van der Waals surface area contributed by atoms with Gasteiger partial charge in [-0.2, -0.15) is 0 Å². The molecule has 0 aromatic heterocycles. The maximum Gasteiger partial charge on any atom is 0.0611 e. The van der Waals surface area contributed by atoms with Crippen LogP contribution >= 0.6 is 35.0 Å². The molecule has 0 spiro atoms. The number of rotatable bonds is 2. The monoisotopic (exact) mass is 234 g/mol. The summed E-state index contributed by atoms with van der Waals surface area (Å²) in [4.78, 5) is 0.971. The molecule has 0 unspecified atom stereocenters. The first kappa shape index (κ1) is 9.66. The van der Waals surface area contributed by atoms with Crippen LogP contribution in [0.15, 0.2) is 23.1 Å². The molecule has 0 aliphatic carbocycles. The van der Waals surface area contributed by atoms with Crippen molar-refractivity contribution in [2.24, 2.45) is 0 Å². The fraction of sp³-hybridized carbons (Fsp3) is 0.333. The third-order valence-corrected chi connectivity index (χ3v) is 3.95. The Balaban J connectivity index is 2.17. The van der Waals surface area contributed by atoms with Gasteiger partial charge in [0.2, 0.25) is 0 Å². The quantitative estimate of drug-likeness (QED) is 0.776. The van der Waals surface area contributed by atoms with Crippen LogP contribution in [-0.4, -0.2) is 18.5 Å². The molecule has 0 saturated carbocycles. The number of ether oxygens (including phenoxy) is 1. The zero-order chi connectivity index (χ0) is 9.26. The average Bonchev–Trinajstić information content (AvgIpc) is 2.00. The van der Waals surface area contributed by atoms with Gasteiger partial charge in [0.1, 0.15) is 0 Å². The van der Waals surface area contributed by atoms with Gasteiger partial charge >= 0.3 is 0 Å². The molecule has 2 rings (SSSR count). The molecule has 0 amide bonds. The highest BCUT2D eigenvalue weighted by Gasteiger charge is 2.21. The summed E-state index contributed by atoms with van der Waals surface area (Å²) in [5.74, 6) is 0. The molecule has 1 saturated heterocycles. The maximum absolute atomic E-state index is 6.01. The van der Waals surface area contributed by atoms with Crippen LogP contribution in [0.4, 0.5) is 0 Å². The van der Waals surface area contributed by atoms with Crippen LogP contribution < -0.4 is 0 Å². The third-order valence-electron chi connectivity index (χ3n) is 1.81. The Kier molecular flexibility index (Phi) is 3.04. The number of hydrogen-bond donors (Lipinski definition) is 0. The number of halogens is 2.